The second kappa shape index (κ2) is 11.8. The maximum Gasteiger partial charge on any atom is 0.312 e. The van der Waals surface area contributed by atoms with Gasteiger partial charge in [-0.15, -0.1) is 13.2 Å². The van der Waals surface area contributed by atoms with E-state index in [-0.39, 0.29) is 44.0 Å². The van der Waals surface area contributed by atoms with Crippen LogP contribution in [0.4, 0.5) is 5.69 Å². The van der Waals surface area contributed by atoms with Gasteiger partial charge in [-0.1, -0.05) is 30.7 Å². The molecule has 3 fully saturated rings. The van der Waals surface area contributed by atoms with Crippen LogP contribution in [-0.2, 0) is 23.9 Å². The fraction of sp³-hybridized carbons (Fsp3) is 0.567. The number of esters is 1. The number of likely N-dealkylation sites (tertiary alicyclic amines) is 1. The van der Waals surface area contributed by atoms with E-state index in [9.17, 15) is 19.5 Å². The molecule has 1 aromatic carbocycles. The van der Waals surface area contributed by atoms with E-state index in [2.05, 4.69) is 13.2 Å². The fourth-order valence-electron chi connectivity index (χ4n) is 6.73. The Morgan fingerprint density at radius 3 is 2.59 bits per heavy atom. The molecule has 4 rings (SSSR count). The van der Waals surface area contributed by atoms with Gasteiger partial charge in [0.05, 0.1) is 18.1 Å². The number of aliphatic hydroxyl groups is 1. The summed E-state index contributed by atoms with van der Waals surface area (Å²) in [6.45, 7) is 11.9. The van der Waals surface area contributed by atoms with Crippen molar-refractivity contribution in [1.29, 1.82) is 0 Å². The van der Waals surface area contributed by atoms with Gasteiger partial charge in [0.2, 0.25) is 5.91 Å². The second-order valence-electron chi connectivity index (χ2n) is 11.0. The molecule has 3 aliphatic heterocycles. The zero-order chi connectivity index (χ0) is 28.4. The fourth-order valence-corrected chi connectivity index (χ4v) is 6.86. The molecule has 1 spiro atoms. The van der Waals surface area contributed by atoms with Crippen LogP contribution in [0.1, 0.15) is 46.0 Å². The molecule has 3 aliphatic rings. The molecule has 3 heterocycles. The normalized spacial score (nSPS) is 30.8. The molecule has 2 amide bonds. The number of carbonyl (C=O) groups excluding carboxylic acids is 3. The first-order valence-corrected chi connectivity index (χ1v) is 14.1. The maximum absolute atomic E-state index is 14.4. The lowest BCUT2D eigenvalue weighted by Crippen LogP contribution is -2.57. The predicted molar refractivity (Wildman–Crippen MR) is 149 cm³/mol. The van der Waals surface area contributed by atoms with Crippen LogP contribution in [0.15, 0.2) is 49.6 Å². The van der Waals surface area contributed by atoms with Crippen molar-refractivity contribution in [2.75, 3.05) is 31.2 Å². The number of fused-ring (bicyclic) bond motifs is 1. The highest BCUT2D eigenvalue weighted by atomic mass is 35.5. The summed E-state index contributed by atoms with van der Waals surface area (Å²) >= 11 is 6.09. The Kier molecular flexibility index (Phi) is 8.88. The Morgan fingerprint density at radius 2 is 1.95 bits per heavy atom. The van der Waals surface area contributed by atoms with Gasteiger partial charge in [0, 0.05) is 30.4 Å². The minimum atomic E-state index is -1.18. The van der Waals surface area contributed by atoms with Gasteiger partial charge in [0.1, 0.15) is 17.6 Å². The number of rotatable bonds is 13. The van der Waals surface area contributed by atoms with E-state index in [1.54, 1.807) is 35.2 Å². The molecule has 212 valence electrons. The van der Waals surface area contributed by atoms with Crippen molar-refractivity contribution in [2.24, 2.45) is 17.8 Å². The Morgan fingerprint density at radius 1 is 1.23 bits per heavy atom. The largest absolute Gasteiger partial charge is 0.465 e. The highest BCUT2D eigenvalue weighted by Gasteiger charge is 2.80. The minimum absolute atomic E-state index is 0.0867. The zero-order valence-corrected chi connectivity index (χ0v) is 23.6. The summed E-state index contributed by atoms with van der Waals surface area (Å²) in [5, 5.41) is 10.1. The number of halogens is 1. The summed E-state index contributed by atoms with van der Waals surface area (Å²) in [5.74, 6) is -2.84. The summed E-state index contributed by atoms with van der Waals surface area (Å²) in [7, 11) is 0. The summed E-state index contributed by atoms with van der Waals surface area (Å²) in [5.41, 5.74) is -1.51. The van der Waals surface area contributed by atoms with Crippen LogP contribution in [0, 0.1) is 17.8 Å². The zero-order valence-electron chi connectivity index (χ0n) is 22.8. The van der Waals surface area contributed by atoms with Crippen LogP contribution in [0.5, 0.6) is 0 Å². The summed E-state index contributed by atoms with van der Waals surface area (Å²) in [6.07, 6.45) is 6.59. The van der Waals surface area contributed by atoms with Crippen molar-refractivity contribution >= 4 is 35.1 Å². The molecule has 9 heteroatoms. The van der Waals surface area contributed by atoms with Crippen LogP contribution in [0.2, 0.25) is 5.02 Å². The number of hydrogen-bond donors (Lipinski definition) is 1. The monoisotopic (exact) mass is 558 g/mol. The topological polar surface area (TPSA) is 96.4 Å². The van der Waals surface area contributed by atoms with Gasteiger partial charge >= 0.3 is 5.97 Å². The smallest absolute Gasteiger partial charge is 0.312 e. The third kappa shape index (κ3) is 5.03. The predicted octanol–water partition coefficient (Wildman–Crippen LogP) is 4.15. The van der Waals surface area contributed by atoms with Crippen LogP contribution >= 0.6 is 11.6 Å². The van der Waals surface area contributed by atoms with Gasteiger partial charge in [0.15, 0.2) is 0 Å². The van der Waals surface area contributed by atoms with Gasteiger partial charge in [0.25, 0.3) is 5.91 Å². The second-order valence-corrected chi connectivity index (χ2v) is 11.4. The highest BCUT2D eigenvalue weighted by Crippen LogP contribution is 2.65. The number of ether oxygens (including phenoxy) is 2. The van der Waals surface area contributed by atoms with Gasteiger partial charge in [-0.2, -0.15) is 0 Å². The number of hydrogen-bond acceptors (Lipinski definition) is 6. The Hall–Kier alpha value is -2.68. The third-order valence-electron chi connectivity index (χ3n) is 8.62. The number of unbranched alkanes of at least 4 members (excludes halogenated alkanes) is 2. The Balaban J connectivity index is 1.71. The van der Waals surface area contributed by atoms with Crippen molar-refractivity contribution in [3.8, 4) is 0 Å². The maximum atomic E-state index is 14.4. The Labute approximate surface area is 235 Å². The number of amides is 2. The van der Waals surface area contributed by atoms with Crippen molar-refractivity contribution in [1.82, 2.24) is 4.90 Å². The average molecular weight is 559 g/mol. The number of benzene rings is 1. The molecule has 1 aromatic rings. The first-order valence-electron chi connectivity index (χ1n) is 13.7. The first-order chi connectivity index (χ1) is 18.7. The van der Waals surface area contributed by atoms with Crippen LogP contribution in [-0.4, -0.2) is 71.3 Å². The summed E-state index contributed by atoms with van der Waals surface area (Å²) < 4.78 is 12.4. The average Bonchev–Trinajstić information content (AvgIpc) is 3.42. The molecule has 6 atom stereocenters. The lowest BCUT2D eigenvalue weighted by Gasteiger charge is -2.37. The van der Waals surface area contributed by atoms with E-state index >= 15 is 0 Å². The number of nitrogens with zero attached hydrogens (tertiary/aromatic N) is 2. The van der Waals surface area contributed by atoms with E-state index in [4.69, 9.17) is 21.1 Å². The van der Waals surface area contributed by atoms with Crippen molar-refractivity contribution < 1.29 is 29.0 Å². The number of allylic oxidation sites excluding steroid dienone is 1. The molecule has 0 radical (unpaired) electrons. The van der Waals surface area contributed by atoms with Crippen LogP contribution < -0.4 is 4.90 Å². The van der Waals surface area contributed by atoms with Crippen LogP contribution in [0.25, 0.3) is 0 Å². The summed E-state index contributed by atoms with van der Waals surface area (Å²) in [4.78, 5) is 45.1. The van der Waals surface area contributed by atoms with Gasteiger partial charge in [-0.3, -0.25) is 14.4 Å². The molecule has 3 unspecified atom stereocenters. The quantitative estimate of drug-likeness (QED) is 0.222. The lowest BCUT2D eigenvalue weighted by molar-refractivity contribution is -0.161. The lowest BCUT2D eigenvalue weighted by atomic mass is 9.62. The van der Waals surface area contributed by atoms with E-state index in [1.807, 2.05) is 19.9 Å². The summed E-state index contributed by atoms with van der Waals surface area (Å²) in [6, 6.07) is 5.93. The SMILES string of the molecule is C=CCCCCOC(=O)[C@H]1[C@H]2C(=O)N(CCCO)C(C(=O)N(CC=C)c3ccc(Cl)cc3)C23CC(C)[C@]1(C)O3. The number of anilines is 1. The molecular formula is C30H39ClN2O6. The number of aliphatic hydroxyl groups excluding tert-OH is 1. The van der Waals surface area contributed by atoms with Gasteiger partial charge in [-0.05, 0) is 69.2 Å². The Bertz CT molecular complexity index is 1110. The van der Waals surface area contributed by atoms with Crippen molar-refractivity contribution in [3.63, 3.8) is 0 Å². The number of carbonyl (C=O) groups is 3. The standard InChI is InChI=1S/C30H39ClN2O6/c1-5-7-8-9-18-38-28(37)24-23-26(35)33(16-10-17-34)25(30(23)19-20(3)29(24,4)39-30)27(36)32(15-6-2)22-13-11-21(31)12-14-22/h5-6,11-14,20,23-25,34H,1-2,7-10,15-19H2,3-4H3/t20?,23-,24+,25?,29-,30?/m0/s1. The third-order valence-corrected chi connectivity index (χ3v) is 8.87. The van der Waals surface area contributed by atoms with E-state index < -0.39 is 35.0 Å². The molecule has 0 saturated carbocycles. The van der Waals surface area contributed by atoms with E-state index in [1.165, 1.54) is 4.90 Å². The van der Waals surface area contributed by atoms with E-state index in [0.717, 1.165) is 12.8 Å². The van der Waals surface area contributed by atoms with Crippen molar-refractivity contribution in [2.45, 2.75) is 63.2 Å². The molecule has 3 saturated heterocycles. The van der Waals surface area contributed by atoms with E-state index in [0.29, 0.717) is 30.0 Å². The molecule has 39 heavy (non-hydrogen) atoms. The molecule has 2 bridgehead atoms. The molecular weight excluding hydrogens is 520 g/mol. The highest BCUT2D eigenvalue weighted by molar-refractivity contribution is 6.30. The van der Waals surface area contributed by atoms with Crippen molar-refractivity contribution in [3.05, 3.63) is 54.6 Å². The first kappa shape index (κ1) is 29.3. The molecule has 8 nitrogen and oxygen atoms in total. The van der Waals surface area contributed by atoms with Crippen LogP contribution in [0.3, 0.4) is 0 Å². The minimum Gasteiger partial charge on any atom is -0.465 e. The van der Waals surface area contributed by atoms with Gasteiger partial charge in [-0.25, -0.2) is 0 Å². The molecule has 1 N–H and O–H groups in total. The molecule has 0 aliphatic carbocycles. The van der Waals surface area contributed by atoms with Gasteiger partial charge < -0.3 is 24.4 Å². The molecule has 0 aromatic heterocycles.